The number of aromatic nitrogens is 1. The first-order valence-corrected chi connectivity index (χ1v) is 12.6. The van der Waals surface area contributed by atoms with E-state index in [1.807, 2.05) is 23.1 Å². The second-order valence-electron chi connectivity index (χ2n) is 10.1. The summed E-state index contributed by atoms with van der Waals surface area (Å²) in [5.74, 6) is 0.383. The van der Waals surface area contributed by atoms with Crippen molar-refractivity contribution in [3.8, 4) is 0 Å². The Labute approximate surface area is 196 Å². The quantitative estimate of drug-likeness (QED) is 0.548. The van der Waals surface area contributed by atoms with E-state index in [9.17, 15) is 9.59 Å². The SMILES string of the molecule is CN(C)CC(C)(C)CNC(=O)C1CCN(C(=O)CCCCc2nc3ccccc3s2)CC1. The van der Waals surface area contributed by atoms with E-state index in [2.05, 4.69) is 49.2 Å². The smallest absolute Gasteiger partial charge is 0.223 e. The molecular weight excluding hydrogens is 420 g/mol. The number of rotatable bonds is 10. The van der Waals surface area contributed by atoms with Gasteiger partial charge in [0.25, 0.3) is 0 Å². The number of unbranched alkanes of at least 4 members (excludes halogenated alkanes) is 1. The van der Waals surface area contributed by atoms with Crippen LogP contribution in [0.5, 0.6) is 0 Å². The molecule has 3 rings (SSSR count). The highest BCUT2D eigenvalue weighted by Gasteiger charge is 2.28. The van der Waals surface area contributed by atoms with Crippen LogP contribution < -0.4 is 5.32 Å². The fourth-order valence-corrected chi connectivity index (χ4v) is 5.52. The molecule has 0 bridgehead atoms. The van der Waals surface area contributed by atoms with Gasteiger partial charge in [0.15, 0.2) is 0 Å². The minimum absolute atomic E-state index is 0.0215. The van der Waals surface area contributed by atoms with E-state index in [0.717, 1.165) is 49.2 Å². The van der Waals surface area contributed by atoms with Crippen molar-refractivity contribution in [2.75, 3.05) is 40.3 Å². The zero-order valence-corrected chi connectivity index (χ0v) is 20.8. The topological polar surface area (TPSA) is 65.5 Å². The Morgan fingerprint density at radius 2 is 1.91 bits per heavy atom. The van der Waals surface area contributed by atoms with Crippen molar-refractivity contribution < 1.29 is 9.59 Å². The van der Waals surface area contributed by atoms with Crippen LogP contribution in [-0.4, -0.2) is 66.9 Å². The van der Waals surface area contributed by atoms with Crippen LogP contribution in [-0.2, 0) is 16.0 Å². The summed E-state index contributed by atoms with van der Waals surface area (Å²) in [5.41, 5.74) is 1.11. The number of carbonyl (C=O) groups is 2. The highest BCUT2D eigenvalue weighted by molar-refractivity contribution is 7.18. The number of aryl methyl sites for hydroxylation is 1. The average molecular weight is 459 g/mol. The lowest BCUT2D eigenvalue weighted by Gasteiger charge is -2.33. The van der Waals surface area contributed by atoms with Crippen molar-refractivity contribution in [2.45, 2.75) is 52.4 Å². The van der Waals surface area contributed by atoms with E-state index >= 15 is 0 Å². The molecule has 1 fully saturated rings. The summed E-state index contributed by atoms with van der Waals surface area (Å²) < 4.78 is 1.23. The number of nitrogens with one attached hydrogen (secondary N) is 1. The van der Waals surface area contributed by atoms with Crippen LogP contribution in [0.3, 0.4) is 0 Å². The van der Waals surface area contributed by atoms with Crippen LogP contribution in [0.2, 0.25) is 0 Å². The molecule has 32 heavy (non-hydrogen) atoms. The number of thiazole rings is 1. The molecular formula is C25H38N4O2S. The molecule has 176 valence electrons. The number of hydrogen-bond acceptors (Lipinski definition) is 5. The van der Waals surface area contributed by atoms with Gasteiger partial charge in [0.1, 0.15) is 0 Å². The second kappa shape index (κ2) is 11.2. The van der Waals surface area contributed by atoms with Crippen LogP contribution in [0, 0.1) is 11.3 Å². The first kappa shape index (κ1) is 24.6. The molecule has 1 saturated heterocycles. The molecule has 2 amide bonds. The third-order valence-corrected chi connectivity index (χ3v) is 7.17. The molecule has 6 nitrogen and oxygen atoms in total. The van der Waals surface area contributed by atoms with E-state index in [1.54, 1.807) is 11.3 Å². The Bertz CT molecular complexity index is 867. The molecule has 0 unspecified atom stereocenters. The molecule has 0 atom stereocenters. The van der Waals surface area contributed by atoms with E-state index in [0.29, 0.717) is 26.1 Å². The molecule has 2 heterocycles. The largest absolute Gasteiger partial charge is 0.355 e. The fraction of sp³-hybridized carbons (Fsp3) is 0.640. The molecule has 0 spiro atoms. The molecule has 1 aliphatic heterocycles. The summed E-state index contributed by atoms with van der Waals surface area (Å²) in [5, 5.41) is 4.29. The number of likely N-dealkylation sites (tertiary alicyclic amines) is 1. The van der Waals surface area contributed by atoms with Crippen molar-refractivity contribution in [1.29, 1.82) is 0 Å². The van der Waals surface area contributed by atoms with Gasteiger partial charge < -0.3 is 15.1 Å². The predicted octanol–water partition coefficient (Wildman–Crippen LogP) is 3.95. The summed E-state index contributed by atoms with van der Waals surface area (Å²) in [4.78, 5) is 33.9. The third-order valence-electron chi connectivity index (χ3n) is 6.07. The second-order valence-corrected chi connectivity index (χ2v) is 11.2. The zero-order chi connectivity index (χ0) is 23.1. The van der Waals surface area contributed by atoms with E-state index in [1.165, 1.54) is 4.70 Å². The number of carbonyl (C=O) groups excluding carboxylic acids is 2. The van der Waals surface area contributed by atoms with Crippen molar-refractivity contribution in [3.05, 3.63) is 29.3 Å². The Kier molecular flexibility index (Phi) is 8.65. The molecule has 0 radical (unpaired) electrons. The van der Waals surface area contributed by atoms with Crippen molar-refractivity contribution >= 4 is 33.4 Å². The van der Waals surface area contributed by atoms with Gasteiger partial charge in [0.05, 0.1) is 15.2 Å². The fourth-order valence-electron chi connectivity index (χ4n) is 4.51. The summed E-state index contributed by atoms with van der Waals surface area (Å²) >= 11 is 1.75. The third kappa shape index (κ3) is 7.27. The molecule has 1 aliphatic rings. The monoisotopic (exact) mass is 458 g/mol. The number of para-hydroxylation sites is 1. The lowest BCUT2D eigenvalue weighted by atomic mass is 9.91. The lowest BCUT2D eigenvalue weighted by Crippen LogP contribution is -2.46. The summed E-state index contributed by atoms with van der Waals surface area (Å²) in [6.45, 7) is 7.33. The Morgan fingerprint density at radius 1 is 1.19 bits per heavy atom. The van der Waals surface area contributed by atoms with Crippen LogP contribution in [0.4, 0.5) is 0 Å². The molecule has 1 aromatic heterocycles. The van der Waals surface area contributed by atoms with Gasteiger partial charge in [-0.05, 0) is 63.7 Å². The first-order valence-electron chi connectivity index (χ1n) is 11.8. The highest BCUT2D eigenvalue weighted by atomic mass is 32.1. The minimum Gasteiger partial charge on any atom is -0.355 e. The van der Waals surface area contributed by atoms with E-state index in [-0.39, 0.29) is 23.1 Å². The molecule has 2 aromatic rings. The number of nitrogens with zero attached hydrogens (tertiary/aromatic N) is 3. The van der Waals surface area contributed by atoms with Crippen LogP contribution in [0.15, 0.2) is 24.3 Å². The number of piperidine rings is 1. The summed E-state index contributed by atoms with van der Waals surface area (Å²) in [6.07, 6.45) is 4.90. The van der Waals surface area contributed by atoms with Gasteiger partial charge in [0.2, 0.25) is 11.8 Å². The van der Waals surface area contributed by atoms with Gasteiger partial charge in [-0.25, -0.2) is 4.98 Å². The van der Waals surface area contributed by atoms with Gasteiger partial charge in [-0.3, -0.25) is 9.59 Å². The Hall–Kier alpha value is -1.99. The van der Waals surface area contributed by atoms with Crippen LogP contribution in [0.25, 0.3) is 10.2 Å². The first-order chi connectivity index (χ1) is 15.2. The van der Waals surface area contributed by atoms with E-state index in [4.69, 9.17) is 0 Å². The standard InChI is InChI=1S/C25H38N4O2S/c1-25(2,18-28(3)4)17-26-24(31)19-13-15-29(16-14-19)23(30)12-8-7-11-22-27-20-9-5-6-10-21(20)32-22/h5-6,9-10,19H,7-8,11-18H2,1-4H3,(H,26,31). The van der Waals surface area contributed by atoms with Crippen molar-refractivity contribution in [2.24, 2.45) is 11.3 Å². The Morgan fingerprint density at radius 3 is 2.59 bits per heavy atom. The average Bonchev–Trinajstić information content (AvgIpc) is 3.17. The van der Waals surface area contributed by atoms with Gasteiger partial charge in [-0.1, -0.05) is 26.0 Å². The van der Waals surface area contributed by atoms with Gasteiger partial charge >= 0.3 is 0 Å². The maximum Gasteiger partial charge on any atom is 0.223 e. The van der Waals surface area contributed by atoms with Crippen LogP contribution in [0.1, 0.15) is 51.0 Å². The lowest BCUT2D eigenvalue weighted by molar-refractivity contribution is -0.135. The zero-order valence-electron chi connectivity index (χ0n) is 20.0. The Balaban J connectivity index is 1.32. The van der Waals surface area contributed by atoms with E-state index < -0.39 is 0 Å². The molecule has 0 saturated carbocycles. The molecule has 1 N–H and O–H groups in total. The molecule has 1 aromatic carbocycles. The maximum atomic E-state index is 12.6. The van der Waals surface area contributed by atoms with Gasteiger partial charge in [-0.2, -0.15) is 0 Å². The van der Waals surface area contributed by atoms with Crippen molar-refractivity contribution in [1.82, 2.24) is 20.1 Å². The minimum atomic E-state index is 0.0215. The molecule has 0 aliphatic carbocycles. The molecule has 7 heteroatoms. The summed E-state index contributed by atoms with van der Waals surface area (Å²) in [7, 11) is 4.11. The number of hydrogen-bond donors (Lipinski definition) is 1. The van der Waals surface area contributed by atoms with Gasteiger partial charge in [0, 0.05) is 38.5 Å². The summed E-state index contributed by atoms with van der Waals surface area (Å²) in [6, 6.07) is 8.22. The highest BCUT2D eigenvalue weighted by Crippen LogP contribution is 2.23. The number of amides is 2. The van der Waals surface area contributed by atoms with Crippen molar-refractivity contribution in [3.63, 3.8) is 0 Å². The number of benzene rings is 1. The van der Waals surface area contributed by atoms with Crippen LogP contribution >= 0.6 is 11.3 Å². The normalized spacial score (nSPS) is 15.5. The predicted molar refractivity (Wildman–Crippen MR) is 132 cm³/mol. The van der Waals surface area contributed by atoms with Gasteiger partial charge in [-0.15, -0.1) is 11.3 Å². The number of fused-ring (bicyclic) bond motifs is 1. The maximum absolute atomic E-state index is 12.6.